The predicted molar refractivity (Wildman–Crippen MR) is 116 cm³/mol. The molecular formula is C22H33N3O3Si. The van der Waals surface area contributed by atoms with Crippen LogP contribution < -0.4 is 0 Å². The zero-order valence-corrected chi connectivity index (χ0v) is 19.4. The lowest BCUT2D eigenvalue weighted by atomic mass is 10.1. The van der Waals surface area contributed by atoms with Gasteiger partial charge in [-0.25, -0.2) is 9.78 Å². The first-order chi connectivity index (χ1) is 13.5. The number of likely N-dealkylation sites (tertiary alicyclic amines) is 1. The van der Waals surface area contributed by atoms with Gasteiger partial charge in [-0.3, -0.25) is 4.90 Å². The summed E-state index contributed by atoms with van der Waals surface area (Å²) in [6.07, 6.45) is 5.73. The summed E-state index contributed by atoms with van der Waals surface area (Å²) in [5, 5.41) is 0.111. The minimum absolute atomic E-state index is 0.0347. The maximum Gasteiger partial charge on any atom is 0.412 e. The molecule has 2 aromatic rings. The highest BCUT2D eigenvalue weighted by molar-refractivity contribution is 6.74. The molecule has 0 spiro atoms. The Kier molecular flexibility index (Phi) is 5.92. The molecule has 1 aliphatic rings. The first kappa shape index (κ1) is 21.6. The van der Waals surface area contributed by atoms with Crippen LogP contribution in [0.3, 0.4) is 0 Å². The minimum Gasteiger partial charge on any atom is -0.444 e. The molecule has 1 saturated heterocycles. The molecule has 1 aromatic carbocycles. The van der Waals surface area contributed by atoms with Crippen LogP contribution in [-0.4, -0.2) is 41.5 Å². The van der Waals surface area contributed by atoms with Crippen LogP contribution in [0.5, 0.6) is 0 Å². The second kappa shape index (κ2) is 7.95. The van der Waals surface area contributed by atoms with E-state index in [0.29, 0.717) is 13.0 Å². The number of ether oxygens (including phenoxy) is 1. The Hall–Kier alpha value is -2.12. The van der Waals surface area contributed by atoms with E-state index in [0.717, 1.165) is 5.56 Å². The fourth-order valence-corrected chi connectivity index (χ4v) is 4.88. The van der Waals surface area contributed by atoms with Crippen LogP contribution in [0.15, 0.2) is 49.1 Å². The number of nitrogens with zero attached hydrogens (tertiary/aromatic N) is 3. The molecule has 0 N–H and O–H groups in total. The number of rotatable bonds is 5. The predicted octanol–water partition coefficient (Wildman–Crippen LogP) is 4.99. The summed E-state index contributed by atoms with van der Waals surface area (Å²) in [6.45, 7) is 14.0. The molecule has 1 aromatic heterocycles. The number of carbonyl (C=O) groups is 1. The van der Waals surface area contributed by atoms with E-state index >= 15 is 0 Å². The third kappa shape index (κ3) is 4.56. The third-order valence-electron chi connectivity index (χ3n) is 6.34. The molecule has 6 nitrogen and oxygen atoms in total. The van der Waals surface area contributed by atoms with Gasteiger partial charge in [0, 0.05) is 18.8 Å². The fraction of sp³-hybridized carbons (Fsp3) is 0.545. The molecular weight excluding hydrogens is 382 g/mol. The van der Waals surface area contributed by atoms with Gasteiger partial charge >= 0.3 is 6.09 Å². The normalized spacial score (nSPS) is 22.7. The van der Waals surface area contributed by atoms with Crippen molar-refractivity contribution in [2.45, 2.75) is 70.6 Å². The van der Waals surface area contributed by atoms with E-state index in [2.05, 4.69) is 38.8 Å². The standard InChI is InChI=1S/C22H33N3O3Si/c1-21(2,3)29(5,6)28-19-14-22(4,24-13-12-23-17-24)25(15-19)20(26)27-16-18-10-8-7-9-11-18/h7-13,17,19H,14-16H2,1-6H3/t19-,22+/m1/s1. The van der Waals surface area contributed by atoms with Gasteiger partial charge in [0.15, 0.2) is 8.32 Å². The van der Waals surface area contributed by atoms with Gasteiger partial charge in [-0.05, 0) is 30.6 Å². The Morgan fingerprint density at radius 2 is 1.97 bits per heavy atom. The average molecular weight is 416 g/mol. The van der Waals surface area contributed by atoms with Gasteiger partial charge in [0.1, 0.15) is 12.3 Å². The topological polar surface area (TPSA) is 56.6 Å². The van der Waals surface area contributed by atoms with Crippen LogP contribution in [0.1, 0.15) is 39.7 Å². The second-order valence-electron chi connectivity index (χ2n) is 9.54. The molecule has 0 saturated carbocycles. The van der Waals surface area contributed by atoms with Crippen molar-refractivity contribution in [2.75, 3.05) is 6.54 Å². The maximum absolute atomic E-state index is 13.1. The summed E-state index contributed by atoms with van der Waals surface area (Å²) in [5.41, 5.74) is 0.399. The van der Waals surface area contributed by atoms with E-state index in [1.54, 1.807) is 17.4 Å². The summed E-state index contributed by atoms with van der Waals surface area (Å²) in [6, 6.07) is 9.74. The number of aromatic nitrogens is 2. The smallest absolute Gasteiger partial charge is 0.412 e. The Labute approximate surface area is 175 Å². The van der Waals surface area contributed by atoms with Crippen molar-refractivity contribution >= 4 is 14.4 Å². The fourth-order valence-electron chi connectivity index (χ4n) is 3.54. The van der Waals surface area contributed by atoms with E-state index in [1.807, 2.05) is 48.0 Å². The van der Waals surface area contributed by atoms with Crippen LogP contribution in [0.2, 0.25) is 18.1 Å². The van der Waals surface area contributed by atoms with E-state index in [1.165, 1.54) is 0 Å². The second-order valence-corrected chi connectivity index (χ2v) is 14.3. The van der Waals surface area contributed by atoms with Crippen LogP contribution in [0, 0.1) is 0 Å². The SMILES string of the molecule is CC(C)(C)[Si](C)(C)O[C@H]1CN(C(=O)OCc2ccccc2)[C@](C)(n2ccnc2)C1. The lowest BCUT2D eigenvalue weighted by Gasteiger charge is -2.38. The van der Waals surface area contributed by atoms with Gasteiger partial charge in [-0.2, -0.15) is 0 Å². The molecule has 1 fully saturated rings. The van der Waals surface area contributed by atoms with Crippen molar-refractivity contribution in [1.29, 1.82) is 0 Å². The van der Waals surface area contributed by atoms with Crippen molar-refractivity contribution in [3.05, 3.63) is 54.6 Å². The van der Waals surface area contributed by atoms with Crippen LogP contribution in [-0.2, 0) is 21.4 Å². The molecule has 7 heteroatoms. The number of amides is 1. The summed E-state index contributed by atoms with van der Waals surface area (Å²) >= 11 is 0. The van der Waals surface area contributed by atoms with E-state index in [4.69, 9.17) is 9.16 Å². The van der Waals surface area contributed by atoms with Gasteiger partial charge in [0.2, 0.25) is 0 Å². The van der Waals surface area contributed by atoms with Crippen molar-refractivity contribution in [1.82, 2.24) is 14.5 Å². The number of hydrogen-bond acceptors (Lipinski definition) is 4. The average Bonchev–Trinajstić information content (AvgIpc) is 3.28. The molecule has 1 aliphatic heterocycles. The molecule has 29 heavy (non-hydrogen) atoms. The van der Waals surface area contributed by atoms with Crippen molar-refractivity contribution < 1.29 is 14.0 Å². The Balaban J connectivity index is 1.78. The van der Waals surface area contributed by atoms with E-state index in [9.17, 15) is 4.79 Å². The van der Waals surface area contributed by atoms with E-state index < -0.39 is 14.0 Å². The van der Waals surface area contributed by atoms with Crippen molar-refractivity contribution in [3.63, 3.8) is 0 Å². The van der Waals surface area contributed by atoms with Gasteiger partial charge in [0.05, 0.1) is 19.0 Å². The molecule has 0 bridgehead atoms. The third-order valence-corrected chi connectivity index (χ3v) is 10.9. The molecule has 2 atom stereocenters. The first-order valence-corrected chi connectivity index (χ1v) is 13.1. The van der Waals surface area contributed by atoms with Crippen molar-refractivity contribution in [2.24, 2.45) is 0 Å². The van der Waals surface area contributed by atoms with Crippen LogP contribution in [0.4, 0.5) is 4.79 Å². The summed E-state index contributed by atoms with van der Waals surface area (Å²) in [7, 11) is -1.96. The molecule has 1 amide bonds. The van der Waals surface area contributed by atoms with E-state index in [-0.39, 0.29) is 23.8 Å². The zero-order valence-electron chi connectivity index (χ0n) is 18.4. The van der Waals surface area contributed by atoms with Gasteiger partial charge in [-0.15, -0.1) is 0 Å². The lowest BCUT2D eigenvalue weighted by Crippen LogP contribution is -2.47. The summed E-state index contributed by atoms with van der Waals surface area (Å²) in [4.78, 5) is 19.0. The largest absolute Gasteiger partial charge is 0.444 e. The summed E-state index contributed by atoms with van der Waals surface area (Å²) in [5.74, 6) is 0. The lowest BCUT2D eigenvalue weighted by molar-refractivity contribution is 0.0414. The highest BCUT2D eigenvalue weighted by atomic mass is 28.4. The van der Waals surface area contributed by atoms with Crippen molar-refractivity contribution in [3.8, 4) is 0 Å². The van der Waals surface area contributed by atoms with Gasteiger partial charge in [0.25, 0.3) is 0 Å². The Morgan fingerprint density at radius 1 is 1.28 bits per heavy atom. The zero-order chi connectivity index (χ0) is 21.3. The summed E-state index contributed by atoms with van der Waals surface area (Å²) < 4.78 is 14.3. The molecule has 0 radical (unpaired) electrons. The number of carbonyl (C=O) groups excluding carboxylic acids is 1. The molecule has 2 heterocycles. The molecule has 0 aliphatic carbocycles. The first-order valence-electron chi connectivity index (χ1n) is 10.2. The molecule has 3 rings (SSSR count). The van der Waals surface area contributed by atoms with Crippen LogP contribution in [0.25, 0.3) is 0 Å². The Bertz CT molecular complexity index is 818. The minimum atomic E-state index is -1.96. The van der Waals surface area contributed by atoms with Gasteiger partial charge in [-0.1, -0.05) is 51.1 Å². The highest BCUT2D eigenvalue weighted by Crippen LogP contribution is 2.42. The van der Waals surface area contributed by atoms with Gasteiger partial charge < -0.3 is 13.7 Å². The van der Waals surface area contributed by atoms with Crippen LogP contribution >= 0.6 is 0 Å². The number of hydrogen-bond donors (Lipinski definition) is 0. The quantitative estimate of drug-likeness (QED) is 0.646. The maximum atomic E-state index is 13.1. The number of imidazole rings is 1. The molecule has 158 valence electrons. The molecule has 0 unspecified atom stereocenters. The number of benzene rings is 1. The monoisotopic (exact) mass is 415 g/mol. The highest BCUT2D eigenvalue weighted by Gasteiger charge is 2.50. The Morgan fingerprint density at radius 3 is 2.55 bits per heavy atom.